The summed E-state index contributed by atoms with van der Waals surface area (Å²) in [5.41, 5.74) is 0. The van der Waals surface area contributed by atoms with E-state index in [4.69, 9.17) is 25.5 Å². The van der Waals surface area contributed by atoms with Crippen molar-refractivity contribution >= 4 is 0 Å². The molecule has 0 spiro atoms. The van der Waals surface area contributed by atoms with E-state index in [1.807, 2.05) is 0 Å². The second kappa shape index (κ2) is 3.65. The van der Waals surface area contributed by atoms with E-state index in [2.05, 4.69) is 4.74 Å². The molecular formula is C6H12O6. The molecule has 0 saturated carbocycles. The molecule has 6 heteroatoms. The molecule has 5 N–H and O–H groups in total. The lowest BCUT2D eigenvalue weighted by atomic mass is 10.00. The van der Waals surface area contributed by atoms with Gasteiger partial charge in [-0.1, -0.05) is 0 Å². The quantitative estimate of drug-likeness (QED) is 0.290. The molecule has 4 unspecified atom stereocenters. The molecule has 0 aromatic carbocycles. The number of ether oxygens (including phenoxy) is 1. The Morgan fingerprint density at radius 1 is 0.917 bits per heavy atom. The molecule has 0 radical (unpaired) electrons. The maximum absolute atomic E-state index is 9.12. The van der Waals surface area contributed by atoms with Crippen molar-refractivity contribution in [3.63, 3.8) is 0 Å². The van der Waals surface area contributed by atoms with Gasteiger partial charge in [-0.3, -0.25) is 0 Å². The Balaban J connectivity index is 2.63. The zero-order chi connectivity index (χ0) is 9.30. The molecule has 0 aliphatic carbocycles. The first-order valence-electron chi connectivity index (χ1n) is 3.56. The summed E-state index contributed by atoms with van der Waals surface area (Å²) in [7, 11) is 0. The van der Waals surface area contributed by atoms with E-state index in [-0.39, 0.29) is 0 Å². The molecule has 0 bridgehead atoms. The van der Waals surface area contributed by atoms with Gasteiger partial charge in [-0.05, 0) is 0 Å². The third-order valence-electron chi connectivity index (χ3n) is 1.87. The number of hydrogen-bond donors (Lipinski definition) is 5. The minimum absolute atomic E-state index is 0.526. The van der Waals surface area contributed by atoms with E-state index >= 15 is 0 Å². The average Bonchev–Trinajstić information content (AvgIpc) is 2.08. The monoisotopic (exact) mass is 180 g/mol. The van der Waals surface area contributed by atoms with Crippen molar-refractivity contribution in [1.29, 1.82) is 0 Å². The van der Waals surface area contributed by atoms with E-state index < -0.39 is 37.3 Å². The molecular weight excluding hydrogens is 168 g/mol. The molecule has 6 nitrogen and oxygen atoms in total. The summed E-state index contributed by atoms with van der Waals surface area (Å²) in [6, 6.07) is 0. The molecule has 12 heavy (non-hydrogen) atoms. The zero-order valence-corrected chi connectivity index (χ0v) is 6.24. The molecule has 0 aromatic heterocycles. The van der Waals surface area contributed by atoms with Gasteiger partial charge in [0.2, 0.25) is 0 Å². The summed E-state index contributed by atoms with van der Waals surface area (Å²) in [4.78, 5) is 0. The second-order valence-electron chi connectivity index (χ2n) is 2.72. The van der Waals surface area contributed by atoms with Gasteiger partial charge in [-0.15, -0.1) is 0 Å². The van der Waals surface area contributed by atoms with Gasteiger partial charge in [-0.2, -0.15) is 0 Å². The van der Waals surface area contributed by atoms with Crippen LogP contribution in [0.4, 0.5) is 0 Å². The minimum Gasteiger partial charge on any atom is -0.394 e. The van der Waals surface area contributed by atoms with Crippen molar-refractivity contribution in [1.82, 2.24) is 0 Å². The molecule has 1 heterocycles. The number of aliphatic hydroxyl groups is 5. The normalized spacial score (nSPS) is 49.2. The third-order valence-corrected chi connectivity index (χ3v) is 1.87. The topological polar surface area (TPSA) is 110 Å². The first-order valence-corrected chi connectivity index (χ1v) is 3.56. The van der Waals surface area contributed by atoms with Gasteiger partial charge >= 0.3 is 0 Å². The number of aliphatic hydroxyl groups excluding tert-OH is 5. The Kier molecular flexibility index (Phi) is 2.99. The van der Waals surface area contributed by atoms with Crippen LogP contribution in [0.5, 0.6) is 0 Å². The Hall–Kier alpha value is -0.240. The van der Waals surface area contributed by atoms with Crippen molar-refractivity contribution in [2.24, 2.45) is 0 Å². The molecule has 72 valence electrons. The molecule has 1 aliphatic rings. The SMILES string of the molecule is OCC1OC(O)C(O)[C@@H](O)C1O. The smallest absolute Gasteiger partial charge is 0.184 e. The van der Waals surface area contributed by atoms with Crippen LogP contribution in [0.3, 0.4) is 0 Å². The second-order valence-corrected chi connectivity index (χ2v) is 2.72. The van der Waals surface area contributed by atoms with E-state index in [0.29, 0.717) is 0 Å². The highest BCUT2D eigenvalue weighted by Gasteiger charge is 2.42. The molecule has 1 rings (SSSR count). The summed E-state index contributed by atoms with van der Waals surface area (Å²) >= 11 is 0. The van der Waals surface area contributed by atoms with Gasteiger partial charge in [0.25, 0.3) is 0 Å². The van der Waals surface area contributed by atoms with Crippen molar-refractivity contribution in [3.8, 4) is 0 Å². The summed E-state index contributed by atoms with van der Waals surface area (Å²) < 4.78 is 4.58. The molecule has 1 aliphatic heterocycles. The zero-order valence-electron chi connectivity index (χ0n) is 6.24. The van der Waals surface area contributed by atoms with Crippen molar-refractivity contribution in [3.05, 3.63) is 0 Å². The Morgan fingerprint density at radius 3 is 2.00 bits per heavy atom. The Morgan fingerprint density at radius 2 is 1.50 bits per heavy atom. The first-order chi connectivity index (χ1) is 5.57. The summed E-state index contributed by atoms with van der Waals surface area (Å²) in [5.74, 6) is 0. The first kappa shape index (κ1) is 9.85. The van der Waals surface area contributed by atoms with Gasteiger partial charge in [-0.25, -0.2) is 0 Å². The van der Waals surface area contributed by atoms with E-state index in [0.717, 1.165) is 0 Å². The third kappa shape index (κ3) is 1.58. The van der Waals surface area contributed by atoms with Crippen LogP contribution in [0.15, 0.2) is 0 Å². The fourth-order valence-electron chi connectivity index (χ4n) is 1.08. The van der Waals surface area contributed by atoms with Crippen LogP contribution in [0.2, 0.25) is 0 Å². The molecule has 1 fully saturated rings. The van der Waals surface area contributed by atoms with Crippen LogP contribution in [0.1, 0.15) is 0 Å². The summed E-state index contributed by atoms with van der Waals surface area (Å²) in [6.45, 7) is -0.526. The van der Waals surface area contributed by atoms with Gasteiger partial charge in [0.1, 0.15) is 24.4 Å². The van der Waals surface area contributed by atoms with Crippen molar-refractivity contribution in [2.45, 2.75) is 30.7 Å². The predicted octanol–water partition coefficient (Wildman–Crippen LogP) is -3.22. The molecule has 1 saturated heterocycles. The molecule has 5 atom stereocenters. The van der Waals surface area contributed by atoms with Crippen LogP contribution in [-0.2, 0) is 4.74 Å². The Labute approximate surface area is 68.6 Å². The highest BCUT2D eigenvalue weighted by molar-refractivity contribution is 4.87. The Bertz CT molecular complexity index is 146. The van der Waals surface area contributed by atoms with Gasteiger partial charge in [0.15, 0.2) is 6.29 Å². The van der Waals surface area contributed by atoms with Crippen molar-refractivity contribution in [2.75, 3.05) is 6.61 Å². The van der Waals surface area contributed by atoms with Crippen LogP contribution in [0, 0.1) is 0 Å². The lowest BCUT2D eigenvalue weighted by molar-refractivity contribution is -0.286. The highest BCUT2D eigenvalue weighted by atomic mass is 16.6. The van der Waals surface area contributed by atoms with Crippen LogP contribution >= 0.6 is 0 Å². The van der Waals surface area contributed by atoms with Gasteiger partial charge < -0.3 is 30.3 Å². The standard InChI is InChI=1S/C6H12O6/c7-1-2-3(8)4(9)5(10)6(11)12-2/h2-11H,1H2/t2?,3?,4-,5?,6?/m0/s1. The molecule has 0 amide bonds. The summed E-state index contributed by atoms with van der Waals surface area (Å²) in [6.07, 6.45) is -7.04. The van der Waals surface area contributed by atoms with Crippen LogP contribution < -0.4 is 0 Å². The maximum Gasteiger partial charge on any atom is 0.184 e. The van der Waals surface area contributed by atoms with Crippen LogP contribution in [-0.4, -0.2) is 62.8 Å². The average molecular weight is 180 g/mol. The van der Waals surface area contributed by atoms with Gasteiger partial charge in [0, 0.05) is 0 Å². The van der Waals surface area contributed by atoms with Gasteiger partial charge in [0.05, 0.1) is 6.61 Å². The van der Waals surface area contributed by atoms with E-state index in [1.165, 1.54) is 0 Å². The predicted molar refractivity (Wildman–Crippen MR) is 36.0 cm³/mol. The van der Waals surface area contributed by atoms with Crippen molar-refractivity contribution < 1.29 is 30.3 Å². The molecule has 0 aromatic rings. The lowest BCUT2D eigenvalue weighted by Crippen LogP contribution is -2.58. The largest absolute Gasteiger partial charge is 0.394 e. The fourth-order valence-corrected chi connectivity index (χ4v) is 1.08. The van der Waals surface area contributed by atoms with E-state index in [9.17, 15) is 0 Å². The summed E-state index contributed by atoms with van der Waals surface area (Å²) in [5, 5.41) is 44.7. The van der Waals surface area contributed by atoms with Crippen LogP contribution in [0.25, 0.3) is 0 Å². The minimum atomic E-state index is -1.57. The highest BCUT2D eigenvalue weighted by Crippen LogP contribution is 2.18. The fraction of sp³-hybridized carbons (Fsp3) is 1.00. The van der Waals surface area contributed by atoms with E-state index in [1.54, 1.807) is 0 Å². The maximum atomic E-state index is 9.12. The number of rotatable bonds is 1. The lowest BCUT2D eigenvalue weighted by Gasteiger charge is -2.37. The number of hydrogen-bond acceptors (Lipinski definition) is 6.